The summed E-state index contributed by atoms with van der Waals surface area (Å²) in [5, 5.41) is 0. The Morgan fingerprint density at radius 1 is 1.53 bits per heavy atom. The molecule has 0 bridgehead atoms. The third-order valence-corrected chi connectivity index (χ3v) is 5.29. The molecule has 0 aliphatic carbocycles. The first-order valence-electron chi connectivity index (χ1n) is 5.29. The molecule has 98 valence electrons. The van der Waals surface area contributed by atoms with Crippen molar-refractivity contribution in [3.8, 4) is 0 Å². The average molecular weight is 278 g/mol. The van der Waals surface area contributed by atoms with Gasteiger partial charge in [-0.25, -0.2) is 13.1 Å². The molecule has 1 aromatic rings. The fourth-order valence-electron chi connectivity index (χ4n) is 1.39. The second-order valence-electron chi connectivity index (χ2n) is 3.74. The number of hydrogen-bond donors (Lipinski definition) is 2. The van der Waals surface area contributed by atoms with Crippen molar-refractivity contribution < 1.29 is 13.2 Å². The second-order valence-corrected chi connectivity index (χ2v) is 6.85. The smallest absolute Gasteiger partial charge is 0.250 e. The van der Waals surface area contributed by atoms with Crippen molar-refractivity contribution in [2.45, 2.75) is 23.6 Å². The normalized spacial score (nSPS) is 13.8. The predicted molar refractivity (Wildman–Crippen MR) is 68.7 cm³/mol. The first-order valence-corrected chi connectivity index (χ1v) is 7.59. The summed E-state index contributed by atoms with van der Waals surface area (Å²) < 4.78 is 31.7. The van der Waals surface area contributed by atoms with Crippen molar-refractivity contribution in [3.05, 3.63) is 17.0 Å². The van der Waals surface area contributed by atoms with Crippen LogP contribution in [0.15, 0.2) is 16.3 Å². The van der Waals surface area contributed by atoms with Crippen LogP contribution < -0.4 is 10.5 Å². The van der Waals surface area contributed by atoms with Crippen LogP contribution in [0.1, 0.15) is 11.8 Å². The minimum atomic E-state index is -3.43. The maximum Gasteiger partial charge on any atom is 0.250 e. The minimum absolute atomic E-state index is 0.245. The zero-order valence-corrected chi connectivity index (χ0v) is 11.6. The summed E-state index contributed by atoms with van der Waals surface area (Å²) in [7, 11) is -1.89. The molecule has 1 atom stereocenters. The van der Waals surface area contributed by atoms with Gasteiger partial charge in [-0.3, -0.25) is 0 Å². The third kappa shape index (κ3) is 4.36. The lowest BCUT2D eigenvalue weighted by Crippen LogP contribution is -2.35. The molecule has 1 heterocycles. The Bertz CT molecular complexity index is 442. The number of hydrogen-bond acceptors (Lipinski definition) is 5. The molecule has 1 rings (SSSR count). The predicted octanol–water partition coefficient (Wildman–Crippen LogP) is 0.562. The monoisotopic (exact) mass is 278 g/mol. The van der Waals surface area contributed by atoms with Crippen LogP contribution in [-0.4, -0.2) is 34.7 Å². The molecule has 1 aromatic heterocycles. The highest BCUT2D eigenvalue weighted by Gasteiger charge is 2.19. The Labute approximate surface area is 106 Å². The molecule has 0 fully saturated rings. The maximum atomic E-state index is 11.9. The number of rotatable bonds is 7. The van der Waals surface area contributed by atoms with E-state index in [-0.39, 0.29) is 6.04 Å². The topological polar surface area (TPSA) is 81.4 Å². The molecule has 0 saturated carbocycles. The Hall–Kier alpha value is -0.470. The van der Waals surface area contributed by atoms with Gasteiger partial charge < -0.3 is 10.5 Å². The summed E-state index contributed by atoms with van der Waals surface area (Å²) in [6.07, 6.45) is 0.702. The van der Waals surface area contributed by atoms with Crippen LogP contribution in [0, 0.1) is 0 Å². The van der Waals surface area contributed by atoms with E-state index in [0.29, 0.717) is 23.8 Å². The van der Waals surface area contributed by atoms with E-state index in [1.165, 1.54) is 18.4 Å². The Balaban J connectivity index is 2.75. The van der Waals surface area contributed by atoms with E-state index >= 15 is 0 Å². The van der Waals surface area contributed by atoms with Crippen molar-refractivity contribution in [2.75, 3.05) is 20.3 Å². The standard InChI is InChI=1S/C10H18N2O3S2/c1-8(7-15-2)12-17(13,14)10-4-3-9(16-10)5-6-11/h3-4,8,12H,5-7,11H2,1-2H3. The Morgan fingerprint density at radius 2 is 2.24 bits per heavy atom. The van der Waals surface area contributed by atoms with E-state index in [1.54, 1.807) is 19.1 Å². The summed E-state index contributed by atoms with van der Waals surface area (Å²) >= 11 is 1.25. The number of methoxy groups -OCH3 is 1. The van der Waals surface area contributed by atoms with Gasteiger partial charge in [0, 0.05) is 18.0 Å². The number of nitrogens with two attached hydrogens (primary N) is 1. The molecule has 17 heavy (non-hydrogen) atoms. The first-order chi connectivity index (χ1) is 7.99. The first kappa shape index (κ1) is 14.6. The van der Waals surface area contributed by atoms with Gasteiger partial charge in [-0.05, 0) is 32.0 Å². The van der Waals surface area contributed by atoms with Crippen molar-refractivity contribution in [3.63, 3.8) is 0 Å². The fourth-order valence-corrected chi connectivity index (χ4v) is 4.00. The molecule has 0 aliphatic heterocycles. The third-order valence-electron chi connectivity index (χ3n) is 2.07. The lowest BCUT2D eigenvalue weighted by Gasteiger charge is -2.11. The largest absolute Gasteiger partial charge is 0.383 e. The molecule has 0 amide bonds. The fraction of sp³-hybridized carbons (Fsp3) is 0.600. The van der Waals surface area contributed by atoms with Crippen molar-refractivity contribution >= 4 is 21.4 Å². The molecule has 0 aromatic carbocycles. The molecule has 0 aliphatic rings. The van der Waals surface area contributed by atoms with Gasteiger partial charge >= 0.3 is 0 Å². The molecule has 1 unspecified atom stereocenters. The molecule has 0 radical (unpaired) electrons. The van der Waals surface area contributed by atoms with Crippen LogP contribution in [0.25, 0.3) is 0 Å². The van der Waals surface area contributed by atoms with Crippen LogP contribution in [0.5, 0.6) is 0 Å². The Kier molecular flexibility index (Phi) is 5.54. The van der Waals surface area contributed by atoms with E-state index in [1.807, 2.05) is 0 Å². The molecule has 3 N–H and O–H groups in total. The Morgan fingerprint density at radius 3 is 2.82 bits per heavy atom. The van der Waals surface area contributed by atoms with Crippen LogP contribution in [0.2, 0.25) is 0 Å². The van der Waals surface area contributed by atoms with E-state index < -0.39 is 10.0 Å². The SMILES string of the molecule is COCC(C)NS(=O)(=O)c1ccc(CCN)s1. The van der Waals surface area contributed by atoms with Crippen LogP contribution in [0.3, 0.4) is 0 Å². The summed E-state index contributed by atoms with van der Waals surface area (Å²) in [6, 6.07) is 3.16. The van der Waals surface area contributed by atoms with Gasteiger partial charge in [0.15, 0.2) is 0 Å². The lowest BCUT2D eigenvalue weighted by molar-refractivity contribution is 0.180. The summed E-state index contributed by atoms with van der Waals surface area (Å²) in [5.74, 6) is 0. The zero-order chi connectivity index (χ0) is 12.9. The van der Waals surface area contributed by atoms with Gasteiger partial charge in [0.05, 0.1) is 6.61 Å². The summed E-state index contributed by atoms with van der Waals surface area (Å²) in [4.78, 5) is 0.979. The number of nitrogens with one attached hydrogen (secondary N) is 1. The summed E-state index contributed by atoms with van der Waals surface area (Å²) in [6.45, 7) is 2.63. The molecular weight excluding hydrogens is 260 g/mol. The average Bonchev–Trinajstić information content (AvgIpc) is 2.67. The van der Waals surface area contributed by atoms with Gasteiger partial charge in [0.2, 0.25) is 10.0 Å². The van der Waals surface area contributed by atoms with Gasteiger partial charge in [-0.2, -0.15) is 0 Å². The molecule has 0 spiro atoms. The van der Waals surface area contributed by atoms with Crippen molar-refractivity contribution in [1.29, 1.82) is 0 Å². The van der Waals surface area contributed by atoms with Gasteiger partial charge in [0.1, 0.15) is 4.21 Å². The van der Waals surface area contributed by atoms with Crippen LogP contribution >= 0.6 is 11.3 Å². The number of sulfonamides is 1. The minimum Gasteiger partial charge on any atom is -0.383 e. The molecule has 5 nitrogen and oxygen atoms in total. The number of ether oxygens (including phenoxy) is 1. The highest BCUT2D eigenvalue weighted by Crippen LogP contribution is 2.21. The van der Waals surface area contributed by atoms with E-state index in [9.17, 15) is 8.42 Å². The highest BCUT2D eigenvalue weighted by molar-refractivity contribution is 7.91. The van der Waals surface area contributed by atoms with E-state index in [4.69, 9.17) is 10.5 Å². The van der Waals surface area contributed by atoms with E-state index in [0.717, 1.165) is 4.88 Å². The second kappa shape index (κ2) is 6.46. The van der Waals surface area contributed by atoms with Crippen molar-refractivity contribution in [1.82, 2.24) is 4.72 Å². The van der Waals surface area contributed by atoms with Gasteiger partial charge in [-0.15, -0.1) is 11.3 Å². The van der Waals surface area contributed by atoms with Gasteiger partial charge in [0.25, 0.3) is 0 Å². The molecule has 0 saturated heterocycles. The summed E-state index contributed by atoms with van der Waals surface area (Å²) in [5.41, 5.74) is 5.42. The van der Waals surface area contributed by atoms with E-state index in [2.05, 4.69) is 4.72 Å². The molecular formula is C10H18N2O3S2. The quantitative estimate of drug-likeness (QED) is 0.763. The molecule has 7 heteroatoms. The number of thiophene rings is 1. The lowest BCUT2D eigenvalue weighted by atomic mass is 10.3. The van der Waals surface area contributed by atoms with Crippen LogP contribution in [-0.2, 0) is 21.2 Å². The highest BCUT2D eigenvalue weighted by atomic mass is 32.2. The van der Waals surface area contributed by atoms with Crippen molar-refractivity contribution in [2.24, 2.45) is 5.73 Å². The van der Waals surface area contributed by atoms with Gasteiger partial charge in [-0.1, -0.05) is 0 Å². The maximum absolute atomic E-state index is 11.9. The van der Waals surface area contributed by atoms with Crippen LogP contribution in [0.4, 0.5) is 0 Å². The zero-order valence-electron chi connectivity index (χ0n) is 9.97.